The van der Waals surface area contributed by atoms with E-state index in [9.17, 15) is 16.8 Å². The average molecular weight is 361 g/mol. The monoisotopic (exact) mass is 360 g/mol. The van der Waals surface area contributed by atoms with E-state index >= 15 is 0 Å². The van der Waals surface area contributed by atoms with Crippen molar-refractivity contribution in [2.24, 2.45) is 11.7 Å². The molecule has 0 aromatic heterocycles. The summed E-state index contributed by atoms with van der Waals surface area (Å²) in [5, 5.41) is 0. The third kappa shape index (κ3) is 4.32. The average Bonchev–Trinajstić information content (AvgIpc) is 2.45. The van der Waals surface area contributed by atoms with Gasteiger partial charge in [-0.15, -0.1) is 0 Å². The molecule has 0 spiro atoms. The summed E-state index contributed by atoms with van der Waals surface area (Å²) in [5.74, 6) is 0.132. The highest BCUT2D eigenvalue weighted by Crippen LogP contribution is 2.28. The maximum atomic E-state index is 12.9. The van der Waals surface area contributed by atoms with Crippen LogP contribution in [0.3, 0.4) is 0 Å². The van der Waals surface area contributed by atoms with Gasteiger partial charge in [0, 0.05) is 25.4 Å². The van der Waals surface area contributed by atoms with E-state index < -0.39 is 19.9 Å². The van der Waals surface area contributed by atoms with Gasteiger partial charge >= 0.3 is 0 Å². The van der Waals surface area contributed by atoms with Crippen LogP contribution in [0, 0.1) is 5.92 Å². The number of benzene rings is 1. The van der Waals surface area contributed by atoms with Crippen molar-refractivity contribution in [1.82, 2.24) is 4.31 Å². The summed E-state index contributed by atoms with van der Waals surface area (Å²) in [7, 11) is -6.76. The first-order valence-corrected chi connectivity index (χ1v) is 11.1. The van der Waals surface area contributed by atoms with Gasteiger partial charge in [-0.05, 0) is 36.5 Å². The smallest absolute Gasteiger partial charge is 0.243 e. The Morgan fingerprint density at radius 1 is 1.17 bits per heavy atom. The molecule has 23 heavy (non-hydrogen) atoms. The van der Waals surface area contributed by atoms with Crippen molar-refractivity contribution in [3.8, 4) is 0 Å². The second-order valence-electron chi connectivity index (χ2n) is 6.25. The Balaban J connectivity index is 2.28. The van der Waals surface area contributed by atoms with Crippen molar-refractivity contribution in [2.75, 3.05) is 19.3 Å². The standard InChI is InChI=1S/C15H24N2O4S2/c1-12-4-3-9-17(15(12)10-16)23(20,21)14-7-5-13(6-8-14)11-22(2,18)19/h5-8,12,15H,3-4,9-11,16H2,1-2H3. The lowest BCUT2D eigenvalue weighted by molar-refractivity contribution is 0.192. The summed E-state index contributed by atoms with van der Waals surface area (Å²) >= 11 is 0. The van der Waals surface area contributed by atoms with Gasteiger partial charge in [0.25, 0.3) is 0 Å². The molecule has 1 heterocycles. The molecule has 0 bridgehead atoms. The zero-order chi connectivity index (χ0) is 17.3. The Morgan fingerprint density at radius 2 is 1.78 bits per heavy atom. The van der Waals surface area contributed by atoms with E-state index in [2.05, 4.69) is 0 Å². The molecule has 130 valence electrons. The second kappa shape index (κ2) is 6.88. The lowest BCUT2D eigenvalue weighted by Gasteiger charge is -2.38. The van der Waals surface area contributed by atoms with Crippen LogP contribution >= 0.6 is 0 Å². The molecule has 1 saturated heterocycles. The van der Waals surface area contributed by atoms with Gasteiger partial charge in [-0.25, -0.2) is 16.8 Å². The first kappa shape index (κ1) is 18.4. The highest BCUT2D eigenvalue weighted by molar-refractivity contribution is 7.90. The molecule has 1 aromatic rings. The van der Waals surface area contributed by atoms with E-state index in [0.717, 1.165) is 19.1 Å². The van der Waals surface area contributed by atoms with E-state index in [1.807, 2.05) is 6.92 Å². The molecule has 0 saturated carbocycles. The van der Waals surface area contributed by atoms with E-state index in [1.54, 1.807) is 12.1 Å². The van der Waals surface area contributed by atoms with Gasteiger partial charge in [-0.1, -0.05) is 19.1 Å². The predicted octanol–water partition coefficient (Wildman–Crippen LogP) is 0.979. The summed E-state index contributed by atoms with van der Waals surface area (Å²) in [6, 6.07) is 5.87. The topological polar surface area (TPSA) is 97.5 Å². The van der Waals surface area contributed by atoms with Crippen LogP contribution in [0.5, 0.6) is 0 Å². The molecule has 2 unspecified atom stereocenters. The van der Waals surface area contributed by atoms with E-state index in [1.165, 1.54) is 16.4 Å². The third-order valence-electron chi connectivity index (χ3n) is 4.27. The maximum absolute atomic E-state index is 12.9. The number of hydrogen-bond acceptors (Lipinski definition) is 5. The van der Waals surface area contributed by atoms with Crippen molar-refractivity contribution < 1.29 is 16.8 Å². The van der Waals surface area contributed by atoms with Crippen LogP contribution in [0.25, 0.3) is 0 Å². The van der Waals surface area contributed by atoms with Gasteiger partial charge in [0.05, 0.1) is 10.6 Å². The lowest BCUT2D eigenvalue weighted by Crippen LogP contribution is -2.51. The quantitative estimate of drug-likeness (QED) is 0.844. The first-order valence-electron chi connectivity index (χ1n) is 7.64. The van der Waals surface area contributed by atoms with Crippen LogP contribution in [-0.2, 0) is 25.6 Å². The van der Waals surface area contributed by atoms with E-state index in [4.69, 9.17) is 5.73 Å². The Hall–Kier alpha value is -0.960. The maximum Gasteiger partial charge on any atom is 0.243 e. The normalized spacial score (nSPS) is 23.8. The summed E-state index contributed by atoms with van der Waals surface area (Å²) in [6.07, 6.45) is 2.95. The fourth-order valence-electron chi connectivity index (χ4n) is 3.06. The Labute approximate surface area is 138 Å². The van der Waals surface area contributed by atoms with Gasteiger partial charge < -0.3 is 5.73 Å². The van der Waals surface area contributed by atoms with Crippen LogP contribution < -0.4 is 5.73 Å². The van der Waals surface area contributed by atoms with Crippen molar-refractivity contribution in [3.05, 3.63) is 29.8 Å². The molecule has 6 nitrogen and oxygen atoms in total. The van der Waals surface area contributed by atoms with E-state index in [0.29, 0.717) is 18.7 Å². The second-order valence-corrected chi connectivity index (χ2v) is 10.3. The number of sulfone groups is 1. The SMILES string of the molecule is CC1CCCN(S(=O)(=O)c2ccc(CS(C)(=O)=O)cc2)C1CN. The summed E-state index contributed by atoms with van der Waals surface area (Å²) in [6.45, 7) is 2.79. The fourth-order valence-corrected chi connectivity index (χ4v) is 5.62. The van der Waals surface area contributed by atoms with E-state index in [-0.39, 0.29) is 22.6 Å². The van der Waals surface area contributed by atoms with Crippen LogP contribution in [0.15, 0.2) is 29.2 Å². The molecule has 1 aliphatic rings. The number of rotatable bonds is 5. The molecule has 0 radical (unpaired) electrons. The van der Waals surface area contributed by atoms with Gasteiger partial charge in [0.1, 0.15) is 0 Å². The van der Waals surface area contributed by atoms with Gasteiger partial charge in [-0.2, -0.15) is 4.31 Å². The van der Waals surface area contributed by atoms with Gasteiger partial charge in [0.2, 0.25) is 10.0 Å². The molecule has 1 aromatic carbocycles. The molecule has 2 N–H and O–H groups in total. The zero-order valence-electron chi connectivity index (χ0n) is 13.5. The minimum absolute atomic E-state index is 0.0977. The molecule has 0 amide bonds. The summed E-state index contributed by atoms with van der Waals surface area (Å²) in [4.78, 5) is 0.183. The van der Waals surface area contributed by atoms with Crippen molar-refractivity contribution in [2.45, 2.75) is 36.5 Å². The van der Waals surface area contributed by atoms with Crippen LogP contribution in [0.2, 0.25) is 0 Å². The highest BCUT2D eigenvalue weighted by Gasteiger charge is 2.36. The Morgan fingerprint density at radius 3 is 2.30 bits per heavy atom. The van der Waals surface area contributed by atoms with Gasteiger partial charge in [-0.3, -0.25) is 0 Å². The minimum atomic E-state index is -3.61. The third-order valence-corrected chi connectivity index (χ3v) is 7.06. The molecular weight excluding hydrogens is 336 g/mol. The Bertz CT molecular complexity index is 742. The first-order chi connectivity index (χ1) is 10.6. The Kier molecular flexibility index (Phi) is 5.50. The zero-order valence-corrected chi connectivity index (χ0v) is 15.1. The number of hydrogen-bond donors (Lipinski definition) is 1. The number of nitrogens with two attached hydrogens (primary N) is 1. The van der Waals surface area contributed by atoms with Crippen molar-refractivity contribution in [3.63, 3.8) is 0 Å². The molecule has 8 heteroatoms. The van der Waals surface area contributed by atoms with Crippen LogP contribution in [-0.4, -0.2) is 46.5 Å². The van der Waals surface area contributed by atoms with Crippen molar-refractivity contribution >= 4 is 19.9 Å². The molecule has 1 fully saturated rings. The molecule has 0 aliphatic carbocycles. The largest absolute Gasteiger partial charge is 0.329 e. The number of piperidine rings is 1. The van der Waals surface area contributed by atoms with Crippen LogP contribution in [0.4, 0.5) is 0 Å². The minimum Gasteiger partial charge on any atom is -0.329 e. The number of nitrogens with zero attached hydrogens (tertiary/aromatic N) is 1. The van der Waals surface area contributed by atoms with Crippen molar-refractivity contribution in [1.29, 1.82) is 0 Å². The fraction of sp³-hybridized carbons (Fsp3) is 0.600. The van der Waals surface area contributed by atoms with Crippen LogP contribution in [0.1, 0.15) is 25.3 Å². The summed E-state index contributed by atoms with van der Waals surface area (Å²) in [5.41, 5.74) is 6.36. The number of sulfonamides is 1. The van der Waals surface area contributed by atoms with Gasteiger partial charge in [0.15, 0.2) is 9.84 Å². The summed E-state index contributed by atoms with van der Waals surface area (Å²) < 4.78 is 49.8. The lowest BCUT2D eigenvalue weighted by atomic mass is 9.93. The molecule has 2 atom stereocenters. The molecular formula is C15H24N2O4S2. The predicted molar refractivity (Wildman–Crippen MR) is 90.1 cm³/mol. The molecule has 2 rings (SSSR count). The highest BCUT2D eigenvalue weighted by atomic mass is 32.2. The molecule has 1 aliphatic heterocycles.